The lowest BCUT2D eigenvalue weighted by molar-refractivity contribution is 0.0275. The topological polar surface area (TPSA) is 131 Å². The van der Waals surface area contributed by atoms with Crippen LogP contribution in [0.15, 0.2) is 47.4 Å². The van der Waals surface area contributed by atoms with Gasteiger partial charge in [-0.25, -0.2) is 22.7 Å². The average Bonchev–Trinajstić information content (AvgIpc) is 3.27. The Kier molecular flexibility index (Phi) is 8.47. The fourth-order valence-electron chi connectivity index (χ4n) is 3.67. The molecule has 0 spiro atoms. The highest BCUT2D eigenvalue weighted by molar-refractivity contribution is 7.89. The van der Waals surface area contributed by atoms with Crippen molar-refractivity contribution in [1.29, 1.82) is 0 Å². The highest BCUT2D eigenvalue weighted by atomic mass is 32.2. The van der Waals surface area contributed by atoms with Crippen LogP contribution >= 0.6 is 0 Å². The fourth-order valence-corrected chi connectivity index (χ4v) is 4.90. The maximum absolute atomic E-state index is 12.7. The molecule has 11 heteroatoms. The van der Waals surface area contributed by atoms with E-state index < -0.39 is 21.6 Å². The van der Waals surface area contributed by atoms with E-state index in [0.29, 0.717) is 31.7 Å². The van der Waals surface area contributed by atoms with Crippen LogP contribution in [0.2, 0.25) is 0 Å². The summed E-state index contributed by atoms with van der Waals surface area (Å²) in [5, 5.41) is 9.16. The summed E-state index contributed by atoms with van der Waals surface area (Å²) in [5.74, 6) is -0.511. The van der Waals surface area contributed by atoms with Crippen molar-refractivity contribution in [3.8, 4) is 11.5 Å². The van der Waals surface area contributed by atoms with Gasteiger partial charge in [-0.15, -0.1) is 0 Å². The molecule has 1 atom stereocenters. The van der Waals surface area contributed by atoms with E-state index in [0.717, 1.165) is 11.6 Å². The first-order chi connectivity index (χ1) is 16.9. The number of nitrogens with zero attached hydrogens (tertiary/aromatic N) is 1. The van der Waals surface area contributed by atoms with E-state index in [9.17, 15) is 18.0 Å². The summed E-state index contributed by atoms with van der Waals surface area (Å²) in [4.78, 5) is 24.8. The van der Waals surface area contributed by atoms with Gasteiger partial charge in [0.2, 0.25) is 10.0 Å². The molecule has 2 aromatic carbocycles. The molecule has 3 rings (SSSR count). The molecular formula is C25H32N2O8S. The average molecular weight is 521 g/mol. The van der Waals surface area contributed by atoms with Crippen LogP contribution in [0.1, 0.15) is 43.1 Å². The molecule has 196 valence electrons. The maximum Gasteiger partial charge on any atom is 0.410 e. The number of hydrogen-bond acceptors (Lipinski definition) is 7. The third-order valence-electron chi connectivity index (χ3n) is 5.43. The van der Waals surface area contributed by atoms with Gasteiger partial charge in [-0.2, -0.15) is 0 Å². The lowest BCUT2D eigenvalue weighted by Crippen LogP contribution is -2.36. The van der Waals surface area contributed by atoms with E-state index in [-0.39, 0.29) is 35.0 Å². The van der Waals surface area contributed by atoms with Gasteiger partial charge in [-0.3, -0.25) is 0 Å². The lowest BCUT2D eigenvalue weighted by Gasteiger charge is -2.24. The van der Waals surface area contributed by atoms with Gasteiger partial charge in [0, 0.05) is 19.5 Å². The molecule has 36 heavy (non-hydrogen) atoms. The number of hydrogen-bond donors (Lipinski definition) is 2. The minimum Gasteiger partial charge on any atom is -0.495 e. The Morgan fingerprint density at radius 2 is 1.83 bits per heavy atom. The molecule has 10 nitrogen and oxygen atoms in total. The first kappa shape index (κ1) is 27.3. The third-order valence-corrected chi connectivity index (χ3v) is 6.91. The van der Waals surface area contributed by atoms with Crippen molar-refractivity contribution in [1.82, 2.24) is 9.62 Å². The van der Waals surface area contributed by atoms with E-state index in [4.69, 9.17) is 19.3 Å². The van der Waals surface area contributed by atoms with E-state index in [1.165, 1.54) is 19.2 Å². The van der Waals surface area contributed by atoms with E-state index in [1.54, 1.807) is 17.0 Å². The van der Waals surface area contributed by atoms with Crippen LogP contribution in [0, 0.1) is 0 Å². The Hall–Kier alpha value is -3.31. The van der Waals surface area contributed by atoms with E-state index >= 15 is 0 Å². The predicted octanol–water partition coefficient (Wildman–Crippen LogP) is 3.30. The normalized spacial score (nSPS) is 16.0. The number of methoxy groups -OCH3 is 1. The summed E-state index contributed by atoms with van der Waals surface area (Å²) in [7, 11) is -2.66. The molecule has 1 aliphatic heterocycles. The van der Waals surface area contributed by atoms with Crippen molar-refractivity contribution < 1.29 is 37.3 Å². The number of aromatic carboxylic acids is 1. The van der Waals surface area contributed by atoms with Gasteiger partial charge in [0.05, 0.1) is 19.2 Å². The van der Waals surface area contributed by atoms with E-state index in [2.05, 4.69) is 4.72 Å². The van der Waals surface area contributed by atoms with Crippen LogP contribution < -0.4 is 14.2 Å². The predicted molar refractivity (Wildman–Crippen MR) is 132 cm³/mol. The van der Waals surface area contributed by atoms with Crippen LogP contribution in [0.4, 0.5) is 4.79 Å². The Labute approximate surface area is 211 Å². The number of ether oxygens (including phenoxy) is 3. The molecule has 1 saturated heterocycles. The summed E-state index contributed by atoms with van der Waals surface area (Å²) >= 11 is 0. The van der Waals surface area contributed by atoms with Gasteiger partial charge >= 0.3 is 12.1 Å². The molecule has 1 heterocycles. The van der Waals surface area contributed by atoms with Gasteiger partial charge in [0.25, 0.3) is 0 Å². The second-order valence-corrected chi connectivity index (χ2v) is 11.2. The highest BCUT2D eigenvalue weighted by Gasteiger charge is 2.31. The molecule has 1 unspecified atom stereocenters. The van der Waals surface area contributed by atoms with Crippen LogP contribution in [0.5, 0.6) is 11.5 Å². The van der Waals surface area contributed by atoms with Crippen molar-refractivity contribution in [2.24, 2.45) is 0 Å². The van der Waals surface area contributed by atoms with Gasteiger partial charge in [0.1, 0.15) is 28.1 Å². The summed E-state index contributed by atoms with van der Waals surface area (Å²) in [5.41, 5.74) is 0.190. The molecule has 2 aromatic rings. The molecular weight excluding hydrogens is 488 g/mol. The zero-order valence-corrected chi connectivity index (χ0v) is 21.6. The number of likely N-dealkylation sites (tertiary alicyclic amines) is 1. The molecule has 1 aliphatic rings. The Balaban J connectivity index is 1.52. The Morgan fingerprint density at radius 3 is 2.44 bits per heavy atom. The second kappa shape index (κ2) is 11.2. The largest absolute Gasteiger partial charge is 0.495 e. The number of carbonyl (C=O) groups excluding carboxylic acids is 1. The van der Waals surface area contributed by atoms with Crippen LogP contribution in [-0.4, -0.2) is 68.9 Å². The van der Waals surface area contributed by atoms with Crippen molar-refractivity contribution in [2.45, 2.75) is 50.2 Å². The van der Waals surface area contributed by atoms with E-state index in [1.807, 2.05) is 32.9 Å². The van der Waals surface area contributed by atoms with Gasteiger partial charge in [0.15, 0.2) is 0 Å². The highest BCUT2D eigenvalue weighted by Crippen LogP contribution is 2.25. The van der Waals surface area contributed by atoms with Crippen LogP contribution in [-0.2, 0) is 21.2 Å². The fraction of sp³-hybridized carbons (Fsp3) is 0.440. The number of nitrogens with one attached hydrogen (secondary N) is 1. The smallest absolute Gasteiger partial charge is 0.410 e. The SMILES string of the molecule is COc1ccc(C(=O)O)cc1S(=O)(=O)NCCc1ccc(OC2CCN(C(=O)OC(C)(C)C)C2)cc1. The minimum absolute atomic E-state index is 0.0612. The summed E-state index contributed by atoms with van der Waals surface area (Å²) in [6.07, 6.45) is 0.636. The van der Waals surface area contributed by atoms with Crippen LogP contribution in [0.3, 0.4) is 0 Å². The Morgan fingerprint density at radius 1 is 1.14 bits per heavy atom. The van der Waals surface area contributed by atoms with Gasteiger partial charge in [-0.1, -0.05) is 12.1 Å². The van der Waals surface area contributed by atoms with Crippen molar-refractivity contribution in [2.75, 3.05) is 26.7 Å². The molecule has 0 saturated carbocycles. The van der Waals surface area contributed by atoms with Crippen molar-refractivity contribution in [3.63, 3.8) is 0 Å². The number of amides is 1. The second-order valence-electron chi connectivity index (χ2n) is 9.42. The van der Waals surface area contributed by atoms with Crippen molar-refractivity contribution >= 4 is 22.1 Å². The number of carbonyl (C=O) groups is 2. The standard InChI is InChI=1S/C25H32N2O8S/c1-25(2,3)35-24(30)27-14-12-20(16-27)34-19-8-5-17(6-9-19)11-13-26-36(31,32)22-15-18(23(28)29)7-10-21(22)33-4/h5-10,15,20,26H,11-14,16H2,1-4H3,(H,28,29). The quantitative estimate of drug-likeness (QED) is 0.515. The number of carboxylic acids is 1. The molecule has 0 aromatic heterocycles. The molecule has 2 N–H and O–H groups in total. The minimum atomic E-state index is -3.98. The zero-order valence-electron chi connectivity index (χ0n) is 20.8. The molecule has 0 radical (unpaired) electrons. The summed E-state index contributed by atoms with van der Waals surface area (Å²) < 4.78 is 44.4. The first-order valence-corrected chi connectivity index (χ1v) is 13.0. The Bertz CT molecular complexity index is 1190. The summed E-state index contributed by atoms with van der Waals surface area (Å²) in [6, 6.07) is 11.0. The van der Waals surface area contributed by atoms with Gasteiger partial charge in [-0.05, 0) is 63.1 Å². The number of rotatable bonds is 9. The zero-order chi connectivity index (χ0) is 26.5. The number of benzene rings is 2. The number of sulfonamides is 1. The lowest BCUT2D eigenvalue weighted by atomic mass is 10.1. The van der Waals surface area contributed by atoms with Gasteiger partial charge < -0.3 is 24.2 Å². The molecule has 1 amide bonds. The number of carboxylic acid groups (broad SMARTS) is 1. The summed E-state index contributed by atoms with van der Waals surface area (Å²) in [6.45, 7) is 6.61. The third kappa shape index (κ3) is 7.34. The first-order valence-electron chi connectivity index (χ1n) is 11.5. The molecule has 0 aliphatic carbocycles. The van der Waals surface area contributed by atoms with Crippen molar-refractivity contribution in [3.05, 3.63) is 53.6 Å². The molecule has 0 bridgehead atoms. The maximum atomic E-state index is 12.7. The monoisotopic (exact) mass is 520 g/mol. The molecule has 1 fully saturated rings. The van der Waals surface area contributed by atoms with Crippen LogP contribution in [0.25, 0.3) is 0 Å².